The number of aromatic nitrogens is 3. The van der Waals surface area contributed by atoms with Crippen LogP contribution in [-0.2, 0) is 0 Å². The van der Waals surface area contributed by atoms with Gasteiger partial charge in [0.25, 0.3) is 0 Å². The molecule has 0 amide bonds. The zero-order chi connectivity index (χ0) is 33.9. The summed E-state index contributed by atoms with van der Waals surface area (Å²) in [6, 6.07) is 61.3. The Balaban J connectivity index is 1.07. The van der Waals surface area contributed by atoms with Crippen molar-refractivity contribution in [2.75, 3.05) is 0 Å². The van der Waals surface area contributed by atoms with Gasteiger partial charge in [-0.15, -0.1) is 0 Å². The van der Waals surface area contributed by atoms with Crippen LogP contribution in [0.25, 0.3) is 110 Å². The summed E-state index contributed by atoms with van der Waals surface area (Å²) in [7, 11) is 0. The maximum Gasteiger partial charge on any atom is 0.159 e. The Morgan fingerprint density at radius 1 is 0.365 bits per heavy atom. The van der Waals surface area contributed by atoms with Crippen LogP contribution in [0, 0.1) is 0 Å². The fraction of sp³-hybridized carbons (Fsp3) is 0. The lowest BCUT2D eigenvalue weighted by Crippen LogP contribution is -1.95. The van der Waals surface area contributed by atoms with Crippen LogP contribution >= 0.6 is 0 Å². The maximum atomic E-state index is 6.52. The van der Waals surface area contributed by atoms with E-state index in [4.69, 9.17) is 4.42 Å². The number of hydrogen-bond acceptors (Lipinski definition) is 1. The lowest BCUT2D eigenvalue weighted by Gasteiger charge is -2.10. The van der Waals surface area contributed by atoms with Crippen molar-refractivity contribution >= 4 is 87.4 Å². The number of nitrogens with one attached hydrogen (secondary N) is 1. The fourth-order valence-electron chi connectivity index (χ4n) is 8.78. The minimum atomic E-state index is 0.903. The Morgan fingerprint density at radius 3 is 1.60 bits per heavy atom. The summed E-state index contributed by atoms with van der Waals surface area (Å²) >= 11 is 0. The molecule has 0 aliphatic carbocycles. The molecule has 0 radical (unpaired) electrons. The Labute approximate surface area is 297 Å². The highest BCUT2D eigenvalue weighted by Crippen LogP contribution is 2.41. The van der Waals surface area contributed by atoms with Crippen LogP contribution in [0.3, 0.4) is 0 Å². The van der Waals surface area contributed by atoms with Crippen LogP contribution in [0.1, 0.15) is 0 Å². The molecule has 0 aliphatic heterocycles. The Hall–Kier alpha value is -7.04. The summed E-state index contributed by atoms with van der Waals surface area (Å²) in [5.74, 6) is 0. The van der Waals surface area contributed by atoms with Gasteiger partial charge in [0, 0.05) is 48.6 Å². The lowest BCUT2D eigenvalue weighted by atomic mass is 10.0. The van der Waals surface area contributed by atoms with Crippen LogP contribution in [0.2, 0.25) is 0 Å². The molecular weight excluding hydrogens is 635 g/mol. The molecular formula is C48H29N3O. The molecule has 4 heterocycles. The van der Waals surface area contributed by atoms with Gasteiger partial charge in [0.15, 0.2) is 5.58 Å². The number of rotatable bonds is 3. The standard InChI is InChI=1S/C48H29N3O/c1-5-17-39-31(11-1)35-15-9-20-44(47(35)49-39)50-40-18-6-2-12-32(40)37-27-29(23-25-42(37)50)30-24-26-43-38(28-30)33-13-3-7-19-41(33)51(43)45-21-10-16-36-34-14-4-8-22-46(34)52-48(36)45/h1-28,49H. The highest BCUT2D eigenvalue weighted by Gasteiger charge is 2.20. The Kier molecular flexibility index (Phi) is 5.47. The molecule has 0 saturated carbocycles. The van der Waals surface area contributed by atoms with E-state index in [-0.39, 0.29) is 0 Å². The summed E-state index contributed by atoms with van der Waals surface area (Å²) in [5, 5.41) is 9.66. The first kappa shape index (κ1) is 27.7. The second-order valence-electron chi connectivity index (χ2n) is 13.8. The van der Waals surface area contributed by atoms with Gasteiger partial charge < -0.3 is 18.5 Å². The van der Waals surface area contributed by atoms with Gasteiger partial charge in [-0.2, -0.15) is 0 Å². The topological polar surface area (TPSA) is 38.8 Å². The van der Waals surface area contributed by atoms with Gasteiger partial charge >= 0.3 is 0 Å². The predicted molar refractivity (Wildman–Crippen MR) is 217 cm³/mol. The lowest BCUT2D eigenvalue weighted by molar-refractivity contribution is 0.666. The molecule has 0 unspecified atom stereocenters. The molecule has 4 nitrogen and oxygen atoms in total. The molecule has 0 aliphatic rings. The number of aromatic amines is 1. The number of furan rings is 1. The van der Waals surface area contributed by atoms with Crippen molar-refractivity contribution in [3.63, 3.8) is 0 Å². The van der Waals surface area contributed by atoms with E-state index in [1.165, 1.54) is 54.5 Å². The van der Waals surface area contributed by atoms with Gasteiger partial charge in [-0.1, -0.05) is 109 Å². The van der Waals surface area contributed by atoms with E-state index in [1.807, 2.05) is 12.1 Å². The number of nitrogens with zero attached hydrogens (tertiary/aromatic N) is 2. The summed E-state index contributed by atoms with van der Waals surface area (Å²) in [5.41, 5.74) is 13.4. The molecule has 0 atom stereocenters. The first-order valence-electron chi connectivity index (χ1n) is 17.8. The average Bonchev–Trinajstić information content (AvgIpc) is 3.95. The van der Waals surface area contributed by atoms with Gasteiger partial charge in [-0.05, 0) is 71.8 Å². The molecule has 4 heteroatoms. The van der Waals surface area contributed by atoms with E-state index in [2.05, 4.69) is 172 Å². The van der Waals surface area contributed by atoms with Crippen molar-refractivity contribution < 1.29 is 4.42 Å². The van der Waals surface area contributed by atoms with E-state index in [1.54, 1.807) is 0 Å². The minimum absolute atomic E-state index is 0.903. The monoisotopic (exact) mass is 663 g/mol. The SMILES string of the molecule is c1ccc2c(c1)[nH]c1c(-n3c4ccccc4c4cc(-c5ccc6c(c5)c5ccccc5n6-c5cccc6c5oc5ccccc56)ccc43)cccc12. The molecule has 4 aromatic heterocycles. The number of hydrogen-bond donors (Lipinski definition) is 1. The van der Waals surface area contributed by atoms with Crippen LogP contribution in [0.5, 0.6) is 0 Å². The minimum Gasteiger partial charge on any atom is -0.454 e. The highest BCUT2D eigenvalue weighted by molar-refractivity contribution is 6.16. The highest BCUT2D eigenvalue weighted by atomic mass is 16.3. The van der Waals surface area contributed by atoms with E-state index in [0.29, 0.717) is 0 Å². The molecule has 12 aromatic rings. The van der Waals surface area contributed by atoms with E-state index >= 15 is 0 Å². The average molecular weight is 664 g/mol. The van der Waals surface area contributed by atoms with E-state index in [9.17, 15) is 0 Å². The second-order valence-corrected chi connectivity index (χ2v) is 13.8. The summed E-state index contributed by atoms with van der Waals surface area (Å²) in [4.78, 5) is 3.73. The van der Waals surface area contributed by atoms with Crippen molar-refractivity contribution in [2.45, 2.75) is 0 Å². The smallest absolute Gasteiger partial charge is 0.159 e. The maximum absolute atomic E-state index is 6.52. The van der Waals surface area contributed by atoms with Crippen LogP contribution in [-0.4, -0.2) is 14.1 Å². The molecule has 242 valence electrons. The largest absolute Gasteiger partial charge is 0.454 e. The van der Waals surface area contributed by atoms with Crippen molar-refractivity contribution in [3.05, 3.63) is 170 Å². The van der Waals surface area contributed by atoms with E-state index in [0.717, 1.165) is 55.4 Å². The summed E-state index contributed by atoms with van der Waals surface area (Å²) in [6.07, 6.45) is 0. The first-order valence-corrected chi connectivity index (χ1v) is 17.8. The molecule has 52 heavy (non-hydrogen) atoms. The van der Waals surface area contributed by atoms with Gasteiger partial charge in [0.2, 0.25) is 0 Å². The Bertz CT molecular complexity index is 3190. The normalized spacial score (nSPS) is 12.2. The zero-order valence-electron chi connectivity index (χ0n) is 28.0. The third-order valence-electron chi connectivity index (χ3n) is 11.1. The summed E-state index contributed by atoms with van der Waals surface area (Å²) < 4.78 is 11.3. The van der Waals surface area contributed by atoms with Crippen LogP contribution in [0.15, 0.2) is 174 Å². The van der Waals surface area contributed by atoms with Crippen LogP contribution < -0.4 is 0 Å². The van der Waals surface area contributed by atoms with Gasteiger partial charge in [-0.3, -0.25) is 0 Å². The third-order valence-corrected chi connectivity index (χ3v) is 11.1. The molecule has 1 N–H and O–H groups in total. The van der Waals surface area contributed by atoms with Crippen LogP contribution in [0.4, 0.5) is 0 Å². The predicted octanol–water partition coefficient (Wildman–Crippen LogP) is 13.1. The quantitative estimate of drug-likeness (QED) is 0.201. The first-order chi connectivity index (χ1) is 25.8. The summed E-state index contributed by atoms with van der Waals surface area (Å²) in [6.45, 7) is 0. The third kappa shape index (κ3) is 3.70. The van der Waals surface area contributed by atoms with Crippen molar-refractivity contribution in [3.8, 4) is 22.5 Å². The molecule has 8 aromatic carbocycles. The van der Waals surface area contributed by atoms with Crippen molar-refractivity contribution in [1.29, 1.82) is 0 Å². The molecule has 0 saturated heterocycles. The van der Waals surface area contributed by atoms with Crippen molar-refractivity contribution in [1.82, 2.24) is 14.1 Å². The Morgan fingerprint density at radius 2 is 0.885 bits per heavy atom. The number of H-pyrrole nitrogens is 1. The number of para-hydroxylation sites is 6. The number of benzene rings is 8. The molecule has 0 bridgehead atoms. The van der Waals surface area contributed by atoms with Gasteiger partial charge in [0.1, 0.15) is 5.58 Å². The van der Waals surface area contributed by atoms with Crippen molar-refractivity contribution in [2.24, 2.45) is 0 Å². The van der Waals surface area contributed by atoms with Gasteiger partial charge in [0.05, 0.1) is 39.0 Å². The zero-order valence-corrected chi connectivity index (χ0v) is 28.0. The number of fused-ring (bicyclic) bond motifs is 12. The molecule has 12 rings (SSSR count). The fourth-order valence-corrected chi connectivity index (χ4v) is 8.78. The molecule has 0 spiro atoms. The van der Waals surface area contributed by atoms with E-state index < -0.39 is 0 Å². The molecule has 0 fully saturated rings. The van der Waals surface area contributed by atoms with Gasteiger partial charge in [-0.25, -0.2) is 0 Å². The second kappa shape index (κ2) is 10.3.